The van der Waals surface area contributed by atoms with Gasteiger partial charge in [0.1, 0.15) is 28.7 Å². The second kappa shape index (κ2) is 6.06. The van der Waals surface area contributed by atoms with Crippen molar-refractivity contribution in [3.63, 3.8) is 0 Å². The van der Waals surface area contributed by atoms with Crippen LogP contribution in [0.25, 0.3) is 11.0 Å². The number of nitrogens with one attached hydrogen (secondary N) is 1. The van der Waals surface area contributed by atoms with Crippen molar-refractivity contribution in [2.75, 3.05) is 24.5 Å². The lowest BCUT2D eigenvalue weighted by atomic mass is 10.2. The van der Waals surface area contributed by atoms with Crippen molar-refractivity contribution in [1.29, 1.82) is 5.26 Å². The molecule has 1 N–H and O–H groups in total. The van der Waals surface area contributed by atoms with Crippen molar-refractivity contribution in [3.8, 4) is 6.07 Å². The number of hydrogen-bond donors (Lipinski definition) is 1. The molecule has 1 spiro atoms. The van der Waals surface area contributed by atoms with Crippen LogP contribution in [-0.2, 0) is 0 Å². The van der Waals surface area contributed by atoms with E-state index in [1.54, 1.807) is 18.5 Å². The van der Waals surface area contributed by atoms with Crippen molar-refractivity contribution in [1.82, 2.24) is 19.9 Å². The molecular weight excluding hydrogens is 360 g/mol. The van der Waals surface area contributed by atoms with E-state index in [0.717, 1.165) is 55.7 Å². The minimum absolute atomic E-state index is 0.0512. The fourth-order valence-electron chi connectivity index (χ4n) is 4.00. The van der Waals surface area contributed by atoms with Gasteiger partial charge in [-0.3, -0.25) is 4.79 Å². The molecule has 4 heterocycles. The summed E-state index contributed by atoms with van der Waals surface area (Å²) >= 11 is 1.28. The van der Waals surface area contributed by atoms with E-state index in [4.69, 9.17) is 5.26 Å². The first-order valence-electron chi connectivity index (χ1n) is 9.05. The number of H-pyrrole nitrogens is 1. The average molecular weight is 378 g/mol. The number of rotatable bonds is 2. The third-order valence-electron chi connectivity index (χ3n) is 5.50. The molecule has 8 heteroatoms. The van der Waals surface area contributed by atoms with E-state index in [0.29, 0.717) is 9.75 Å². The van der Waals surface area contributed by atoms with Crippen LogP contribution in [-0.4, -0.2) is 50.9 Å². The summed E-state index contributed by atoms with van der Waals surface area (Å²) < 4.78 is 0. The molecule has 1 aliphatic heterocycles. The number of amides is 1. The lowest BCUT2D eigenvalue weighted by Gasteiger charge is -2.32. The van der Waals surface area contributed by atoms with Crippen LogP contribution in [0.15, 0.2) is 30.7 Å². The number of hydrogen-bond acceptors (Lipinski definition) is 6. The number of aromatic nitrogens is 3. The van der Waals surface area contributed by atoms with E-state index in [1.165, 1.54) is 11.3 Å². The van der Waals surface area contributed by atoms with Gasteiger partial charge in [0.15, 0.2) is 0 Å². The third kappa shape index (κ3) is 2.66. The van der Waals surface area contributed by atoms with Crippen LogP contribution in [0.4, 0.5) is 5.82 Å². The van der Waals surface area contributed by atoms with Crippen LogP contribution in [0.3, 0.4) is 0 Å². The van der Waals surface area contributed by atoms with Crippen LogP contribution in [0.1, 0.15) is 33.8 Å². The maximum atomic E-state index is 13.1. The molecule has 136 valence electrons. The Morgan fingerprint density at radius 2 is 2.15 bits per heavy atom. The van der Waals surface area contributed by atoms with E-state index < -0.39 is 0 Å². The number of carbonyl (C=O) groups excluding carboxylic acids is 1. The standard InChI is InChI=1S/C19H18N6OS/c20-10-13-2-3-15(27-13)18(26)25-9-1-8-24(11-19(25)5-6-19)17-14-4-7-21-16(14)22-12-23-17/h2-4,7,12H,1,5-6,8-9,11H2,(H,21,22,23). The van der Waals surface area contributed by atoms with E-state index in [-0.39, 0.29) is 11.4 Å². The smallest absolute Gasteiger partial charge is 0.264 e. The van der Waals surface area contributed by atoms with Gasteiger partial charge in [0.05, 0.1) is 15.8 Å². The number of carbonyl (C=O) groups is 1. The first kappa shape index (κ1) is 16.3. The third-order valence-corrected chi connectivity index (χ3v) is 6.48. The molecule has 0 bridgehead atoms. The number of fused-ring (bicyclic) bond motifs is 1. The summed E-state index contributed by atoms with van der Waals surface area (Å²) in [5.74, 6) is 0.986. The quantitative estimate of drug-likeness (QED) is 0.741. The lowest BCUT2D eigenvalue weighted by Crippen LogP contribution is -2.46. The molecule has 7 nitrogen and oxygen atoms in total. The summed E-state index contributed by atoms with van der Waals surface area (Å²) in [6.45, 7) is 2.37. The SMILES string of the molecule is N#Cc1ccc(C(=O)N2CCCN(c3ncnc4[nH]ccc34)CC23CC3)s1. The number of thiophene rings is 1. The van der Waals surface area contributed by atoms with E-state index in [9.17, 15) is 4.79 Å². The topological polar surface area (TPSA) is 88.9 Å². The van der Waals surface area contributed by atoms with Crippen LogP contribution >= 0.6 is 11.3 Å². The second-order valence-corrected chi connectivity index (χ2v) is 8.25. The molecule has 2 aliphatic rings. The fraction of sp³-hybridized carbons (Fsp3) is 0.368. The number of aromatic amines is 1. The van der Waals surface area contributed by atoms with Gasteiger partial charge in [-0.1, -0.05) is 0 Å². The summed E-state index contributed by atoms with van der Waals surface area (Å²) in [4.78, 5) is 30.7. The van der Waals surface area contributed by atoms with Gasteiger partial charge in [0.25, 0.3) is 5.91 Å². The zero-order chi connectivity index (χ0) is 18.4. The van der Waals surface area contributed by atoms with Crippen molar-refractivity contribution >= 4 is 34.1 Å². The molecule has 1 amide bonds. The van der Waals surface area contributed by atoms with Gasteiger partial charge in [-0.25, -0.2) is 9.97 Å². The molecule has 0 atom stereocenters. The highest BCUT2D eigenvalue weighted by Gasteiger charge is 2.52. The Kier molecular flexibility index (Phi) is 3.65. The van der Waals surface area contributed by atoms with Crippen molar-refractivity contribution < 1.29 is 4.79 Å². The fourth-order valence-corrected chi connectivity index (χ4v) is 4.76. The summed E-state index contributed by atoms with van der Waals surface area (Å²) in [6, 6.07) is 7.63. The van der Waals surface area contributed by atoms with Gasteiger partial charge in [-0.2, -0.15) is 5.26 Å². The maximum Gasteiger partial charge on any atom is 0.264 e. The van der Waals surface area contributed by atoms with Gasteiger partial charge in [0.2, 0.25) is 0 Å². The zero-order valence-corrected chi connectivity index (χ0v) is 15.5. The van der Waals surface area contributed by atoms with E-state index in [2.05, 4.69) is 25.9 Å². The largest absolute Gasteiger partial charge is 0.354 e. The van der Waals surface area contributed by atoms with Gasteiger partial charge >= 0.3 is 0 Å². The number of nitrogens with zero attached hydrogens (tertiary/aromatic N) is 5. The Labute approximate surface area is 160 Å². The monoisotopic (exact) mass is 378 g/mol. The summed E-state index contributed by atoms with van der Waals surface area (Å²) in [6.07, 6.45) is 6.38. The molecule has 0 unspecified atom stereocenters. The minimum Gasteiger partial charge on any atom is -0.354 e. The van der Waals surface area contributed by atoms with Crippen molar-refractivity contribution in [3.05, 3.63) is 40.5 Å². The molecule has 5 rings (SSSR count). The van der Waals surface area contributed by atoms with Crippen LogP contribution < -0.4 is 4.90 Å². The summed E-state index contributed by atoms with van der Waals surface area (Å²) in [5, 5.41) is 10.1. The van der Waals surface area contributed by atoms with Gasteiger partial charge < -0.3 is 14.8 Å². The molecule has 1 aliphatic carbocycles. The van der Waals surface area contributed by atoms with Gasteiger partial charge in [-0.15, -0.1) is 11.3 Å². The Bertz CT molecular complexity index is 1060. The van der Waals surface area contributed by atoms with E-state index in [1.807, 2.05) is 17.2 Å². The Balaban J connectivity index is 1.45. The molecular formula is C19H18N6OS. The van der Waals surface area contributed by atoms with Crippen LogP contribution in [0.5, 0.6) is 0 Å². The average Bonchev–Trinajstić information content (AvgIpc) is 3.13. The Hall–Kier alpha value is -2.92. The van der Waals surface area contributed by atoms with E-state index >= 15 is 0 Å². The summed E-state index contributed by atoms with van der Waals surface area (Å²) in [7, 11) is 0. The highest BCUT2D eigenvalue weighted by atomic mass is 32.1. The molecule has 1 saturated carbocycles. The van der Waals surface area contributed by atoms with Crippen molar-refractivity contribution in [2.24, 2.45) is 0 Å². The lowest BCUT2D eigenvalue weighted by molar-refractivity contribution is 0.0675. The van der Waals surface area contributed by atoms with Gasteiger partial charge in [-0.05, 0) is 37.5 Å². The maximum absolute atomic E-state index is 13.1. The highest BCUT2D eigenvalue weighted by Crippen LogP contribution is 2.45. The Morgan fingerprint density at radius 3 is 2.93 bits per heavy atom. The second-order valence-electron chi connectivity index (χ2n) is 7.17. The van der Waals surface area contributed by atoms with Gasteiger partial charge in [0, 0.05) is 25.8 Å². The first-order chi connectivity index (χ1) is 13.2. The molecule has 2 fully saturated rings. The van der Waals surface area contributed by atoms with Crippen LogP contribution in [0, 0.1) is 11.3 Å². The van der Waals surface area contributed by atoms with Crippen LogP contribution in [0.2, 0.25) is 0 Å². The molecule has 3 aromatic rings. The predicted molar refractivity (Wildman–Crippen MR) is 103 cm³/mol. The highest BCUT2D eigenvalue weighted by molar-refractivity contribution is 7.14. The molecule has 3 aromatic heterocycles. The zero-order valence-electron chi connectivity index (χ0n) is 14.7. The first-order valence-corrected chi connectivity index (χ1v) is 9.87. The minimum atomic E-state index is -0.127. The molecule has 1 saturated heterocycles. The molecule has 0 aromatic carbocycles. The summed E-state index contributed by atoms with van der Waals surface area (Å²) in [5.41, 5.74) is 0.711. The normalized spacial score (nSPS) is 18.5. The number of nitriles is 1. The Morgan fingerprint density at radius 1 is 1.26 bits per heavy atom. The number of anilines is 1. The molecule has 0 radical (unpaired) electrons. The predicted octanol–water partition coefficient (Wildman–Crippen LogP) is 2.78. The van der Waals surface area contributed by atoms with Crippen molar-refractivity contribution in [2.45, 2.75) is 24.8 Å². The molecule has 27 heavy (non-hydrogen) atoms.